The Bertz CT molecular complexity index is 1590. The highest BCUT2D eigenvalue weighted by Crippen LogP contribution is 2.45. The van der Waals surface area contributed by atoms with Crippen molar-refractivity contribution < 1.29 is 37.3 Å². The lowest BCUT2D eigenvalue weighted by Gasteiger charge is -2.17. The van der Waals surface area contributed by atoms with Crippen LogP contribution in [-0.4, -0.2) is 46.6 Å². The summed E-state index contributed by atoms with van der Waals surface area (Å²) in [4.78, 5) is 26.0. The molecular weight excluding hydrogens is 545 g/mol. The van der Waals surface area contributed by atoms with Crippen LogP contribution in [0.15, 0.2) is 51.7 Å². The lowest BCUT2D eigenvalue weighted by Crippen LogP contribution is -2.37. The predicted molar refractivity (Wildman–Crippen MR) is 152 cm³/mol. The van der Waals surface area contributed by atoms with Gasteiger partial charge in [0.1, 0.15) is 42.3 Å². The van der Waals surface area contributed by atoms with Gasteiger partial charge in [-0.3, -0.25) is 9.59 Å². The number of nitrogens with two attached hydrogens (primary N) is 1. The van der Waals surface area contributed by atoms with E-state index in [1.165, 1.54) is 45.6 Å². The van der Waals surface area contributed by atoms with Gasteiger partial charge in [-0.15, -0.1) is 12.4 Å². The van der Waals surface area contributed by atoms with E-state index in [2.05, 4.69) is 0 Å². The van der Waals surface area contributed by atoms with Crippen LogP contribution in [0, 0.1) is 11.7 Å². The Morgan fingerprint density at radius 3 is 2.20 bits per heavy atom. The molecule has 0 radical (unpaired) electrons. The number of fused-ring (bicyclic) bond motifs is 3. The van der Waals surface area contributed by atoms with Crippen molar-refractivity contribution in [3.63, 3.8) is 0 Å². The standard InChI is InChI=1S/C29H30FNO8.ClH/c1-15(2)24(31)29(33)38-12-11-37-28-25(32)18-14-21(36-5)22-19(34-3)9-10-20(35-4)23(22)27(18)39-26(28)16-7-6-8-17(30)13-16;/h6-10,13-15,24H,11-12,31H2,1-5H3;1H/t24-;/m0./s1. The second-order valence-electron chi connectivity index (χ2n) is 9.06. The third-order valence-electron chi connectivity index (χ3n) is 6.29. The Morgan fingerprint density at radius 2 is 1.60 bits per heavy atom. The first-order valence-electron chi connectivity index (χ1n) is 12.2. The number of ether oxygens (including phenoxy) is 5. The molecule has 2 N–H and O–H groups in total. The minimum Gasteiger partial charge on any atom is -0.496 e. The van der Waals surface area contributed by atoms with Gasteiger partial charge in [0.2, 0.25) is 11.2 Å². The molecule has 0 unspecified atom stereocenters. The van der Waals surface area contributed by atoms with Crippen LogP contribution in [0.5, 0.6) is 23.0 Å². The molecule has 9 nitrogen and oxygen atoms in total. The fourth-order valence-corrected chi connectivity index (χ4v) is 4.19. The van der Waals surface area contributed by atoms with Gasteiger partial charge in [-0.1, -0.05) is 26.0 Å². The molecule has 4 rings (SSSR count). The number of benzene rings is 3. The maximum Gasteiger partial charge on any atom is 0.323 e. The van der Waals surface area contributed by atoms with E-state index in [0.717, 1.165) is 0 Å². The van der Waals surface area contributed by atoms with Gasteiger partial charge in [0.05, 0.1) is 37.5 Å². The van der Waals surface area contributed by atoms with Crippen molar-refractivity contribution in [3.05, 3.63) is 58.5 Å². The molecule has 0 saturated heterocycles. The van der Waals surface area contributed by atoms with Gasteiger partial charge in [-0.05, 0) is 36.2 Å². The summed E-state index contributed by atoms with van der Waals surface area (Å²) in [7, 11) is 4.47. The normalized spacial score (nSPS) is 11.7. The minimum absolute atomic E-state index is 0. The smallest absolute Gasteiger partial charge is 0.323 e. The van der Waals surface area contributed by atoms with Crippen molar-refractivity contribution in [2.24, 2.45) is 11.7 Å². The second-order valence-corrected chi connectivity index (χ2v) is 9.06. The van der Waals surface area contributed by atoms with Crippen LogP contribution in [0.25, 0.3) is 33.1 Å². The van der Waals surface area contributed by atoms with Gasteiger partial charge in [0.15, 0.2) is 11.3 Å². The maximum atomic E-state index is 14.2. The van der Waals surface area contributed by atoms with Crippen LogP contribution in [0.1, 0.15) is 13.8 Å². The predicted octanol–water partition coefficient (Wildman–Crippen LogP) is 5.11. The Balaban J connectivity index is 0.00000441. The fourth-order valence-electron chi connectivity index (χ4n) is 4.19. The summed E-state index contributed by atoms with van der Waals surface area (Å²) in [6.07, 6.45) is 0. The van der Waals surface area contributed by atoms with E-state index < -0.39 is 23.3 Å². The molecule has 4 aromatic rings. The van der Waals surface area contributed by atoms with E-state index in [1.807, 2.05) is 0 Å². The average Bonchev–Trinajstić information content (AvgIpc) is 2.94. The molecule has 1 atom stereocenters. The number of hydrogen-bond donors (Lipinski definition) is 1. The summed E-state index contributed by atoms with van der Waals surface area (Å²) < 4.78 is 48.2. The van der Waals surface area contributed by atoms with Crippen molar-refractivity contribution in [1.29, 1.82) is 0 Å². The zero-order chi connectivity index (χ0) is 28.3. The highest BCUT2D eigenvalue weighted by molar-refractivity contribution is 6.13. The number of methoxy groups -OCH3 is 3. The molecule has 0 fully saturated rings. The largest absolute Gasteiger partial charge is 0.496 e. The van der Waals surface area contributed by atoms with Gasteiger partial charge in [0.25, 0.3) is 0 Å². The van der Waals surface area contributed by atoms with Gasteiger partial charge in [0, 0.05) is 5.56 Å². The van der Waals surface area contributed by atoms with E-state index in [-0.39, 0.29) is 59.6 Å². The summed E-state index contributed by atoms with van der Waals surface area (Å²) in [6, 6.07) is 9.71. The molecule has 11 heteroatoms. The molecule has 1 aromatic heterocycles. The van der Waals surface area contributed by atoms with Crippen LogP contribution in [0.2, 0.25) is 0 Å². The number of carbonyl (C=O) groups is 1. The van der Waals surface area contributed by atoms with Crippen molar-refractivity contribution in [1.82, 2.24) is 0 Å². The SMILES string of the molecule is COc1ccc(OC)c2c1c(OC)cc1c(=O)c(OCCOC(=O)[C@@H](N)C(C)C)c(-c3cccc(F)c3)oc12.Cl. The van der Waals surface area contributed by atoms with Gasteiger partial charge in [-0.25, -0.2) is 4.39 Å². The zero-order valence-corrected chi connectivity index (χ0v) is 23.6. The Morgan fingerprint density at radius 1 is 0.950 bits per heavy atom. The van der Waals surface area contributed by atoms with E-state index in [4.69, 9.17) is 33.8 Å². The van der Waals surface area contributed by atoms with Crippen molar-refractivity contribution in [2.75, 3.05) is 34.5 Å². The van der Waals surface area contributed by atoms with Gasteiger partial charge >= 0.3 is 5.97 Å². The molecule has 214 valence electrons. The van der Waals surface area contributed by atoms with Crippen LogP contribution in [0.3, 0.4) is 0 Å². The zero-order valence-electron chi connectivity index (χ0n) is 22.7. The van der Waals surface area contributed by atoms with Crippen molar-refractivity contribution in [3.8, 4) is 34.3 Å². The molecule has 0 aliphatic heterocycles. The second kappa shape index (κ2) is 12.9. The summed E-state index contributed by atoms with van der Waals surface area (Å²) >= 11 is 0. The first-order chi connectivity index (χ1) is 18.7. The quantitative estimate of drug-likeness (QED) is 0.156. The average molecular weight is 576 g/mol. The molecule has 3 aromatic carbocycles. The van der Waals surface area contributed by atoms with Crippen LogP contribution in [0.4, 0.5) is 4.39 Å². The lowest BCUT2D eigenvalue weighted by molar-refractivity contribution is -0.147. The van der Waals surface area contributed by atoms with Crippen LogP contribution >= 0.6 is 12.4 Å². The number of carbonyl (C=O) groups excluding carboxylic acids is 1. The van der Waals surface area contributed by atoms with E-state index >= 15 is 0 Å². The number of halogens is 2. The highest BCUT2D eigenvalue weighted by Gasteiger charge is 2.25. The monoisotopic (exact) mass is 575 g/mol. The minimum atomic E-state index is -0.786. The summed E-state index contributed by atoms with van der Waals surface area (Å²) in [5, 5.41) is 1.10. The molecule has 0 aliphatic rings. The molecule has 0 bridgehead atoms. The maximum absolute atomic E-state index is 14.2. The van der Waals surface area contributed by atoms with Crippen LogP contribution in [-0.2, 0) is 9.53 Å². The van der Waals surface area contributed by atoms with E-state index in [0.29, 0.717) is 28.0 Å². The third kappa shape index (κ3) is 5.78. The van der Waals surface area contributed by atoms with Crippen molar-refractivity contribution in [2.45, 2.75) is 19.9 Å². The first kappa shape index (κ1) is 30.5. The fraction of sp³-hybridized carbons (Fsp3) is 0.310. The first-order valence-corrected chi connectivity index (χ1v) is 12.2. The molecule has 0 amide bonds. The van der Waals surface area contributed by atoms with E-state index in [9.17, 15) is 14.0 Å². The summed E-state index contributed by atoms with van der Waals surface area (Å²) in [6.45, 7) is 3.27. The lowest BCUT2D eigenvalue weighted by atomic mass is 10.0. The Hall–Kier alpha value is -4.02. The molecule has 40 heavy (non-hydrogen) atoms. The molecule has 0 aliphatic carbocycles. The highest BCUT2D eigenvalue weighted by atomic mass is 35.5. The number of hydrogen-bond acceptors (Lipinski definition) is 9. The van der Waals surface area contributed by atoms with Gasteiger partial charge in [-0.2, -0.15) is 0 Å². The third-order valence-corrected chi connectivity index (χ3v) is 6.29. The summed E-state index contributed by atoms with van der Waals surface area (Å²) in [5.41, 5.74) is 5.73. The number of esters is 1. The summed E-state index contributed by atoms with van der Waals surface area (Å²) in [5.74, 6) is -0.175. The Kier molecular flexibility index (Phi) is 9.83. The van der Waals surface area contributed by atoms with E-state index in [1.54, 1.807) is 32.0 Å². The van der Waals surface area contributed by atoms with Gasteiger partial charge < -0.3 is 33.8 Å². The van der Waals surface area contributed by atoms with Crippen LogP contribution < -0.4 is 30.1 Å². The molecule has 0 spiro atoms. The number of rotatable bonds is 10. The molecular formula is C29H31ClFNO8. The van der Waals surface area contributed by atoms with Crippen molar-refractivity contribution >= 4 is 40.1 Å². The molecule has 0 saturated carbocycles. The Labute approximate surface area is 236 Å². The molecule has 1 heterocycles. The topological polar surface area (TPSA) is 119 Å².